The molecule has 0 aromatic carbocycles. The van der Waals surface area contributed by atoms with Gasteiger partial charge in [0.2, 0.25) is 0 Å². The summed E-state index contributed by atoms with van der Waals surface area (Å²) in [6, 6.07) is 0. The fraction of sp³-hybridized carbons (Fsp3) is 1.00. The van der Waals surface area contributed by atoms with Gasteiger partial charge in [0.15, 0.2) is 0 Å². The maximum absolute atomic E-state index is 2.85. The van der Waals surface area contributed by atoms with Crippen molar-refractivity contribution in [3.63, 3.8) is 0 Å². The van der Waals surface area contributed by atoms with Crippen LogP contribution in [-0.2, 0) is 0 Å². The van der Waals surface area contributed by atoms with Crippen LogP contribution in [0.25, 0.3) is 0 Å². The number of hydrogen-bond donors (Lipinski definition) is 0. The number of hydrogen-bond acceptors (Lipinski definition) is 3. The average molecular weight is 401 g/mol. The van der Waals surface area contributed by atoms with Crippen molar-refractivity contribution in [2.75, 3.05) is 0 Å². The Hall–Kier alpha value is 2.46. The molecule has 3 aliphatic heterocycles. The quantitative estimate of drug-likeness (QED) is 0.540. The average Bonchev–Trinajstić information content (AvgIpc) is 1.92. The van der Waals surface area contributed by atoms with Gasteiger partial charge in [-0.1, -0.05) is 0 Å². The molecule has 3 aliphatic rings. The van der Waals surface area contributed by atoms with Gasteiger partial charge >= 0.3 is 117 Å². The molecule has 0 saturated carbocycles. The first-order chi connectivity index (χ1) is 6.87. The minimum atomic E-state index is -1.57. The van der Waals surface area contributed by atoms with E-state index in [2.05, 4.69) is 80.2 Å². The van der Waals surface area contributed by atoms with Crippen molar-refractivity contribution in [2.45, 2.75) is 51.6 Å². The van der Waals surface area contributed by atoms with E-state index in [9.17, 15) is 0 Å². The van der Waals surface area contributed by atoms with Gasteiger partial charge in [-0.3, -0.25) is 0 Å². The Morgan fingerprint density at radius 3 is 1.12 bits per heavy atom. The minimum absolute atomic E-state index is 0.917. The first kappa shape index (κ1) is 14.9. The van der Waals surface area contributed by atoms with Crippen molar-refractivity contribution in [3.8, 4) is 0 Å². The van der Waals surface area contributed by atoms with Gasteiger partial charge < -0.3 is 0 Å². The topological polar surface area (TPSA) is 0 Å². The molecule has 0 atom stereocenters. The summed E-state index contributed by atoms with van der Waals surface area (Å²) in [5.74, 6) is 2.73. The molecule has 3 rings (SSSR count). The zero-order valence-electron chi connectivity index (χ0n) is 11.7. The van der Waals surface area contributed by atoms with Crippen molar-refractivity contribution in [1.82, 2.24) is 0 Å². The van der Waals surface area contributed by atoms with Crippen LogP contribution in [0.5, 0.6) is 0 Å². The Morgan fingerprint density at radius 1 is 0.625 bits per heavy atom. The van der Waals surface area contributed by atoms with E-state index in [4.69, 9.17) is 0 Å². The van der Waals surface area contributed by atoms with Crippen LogP contribution in [0.1, 0.15) is 0 Å². The van der Waals surface area contributed by atoms with Gasteiger partial charge in [0.25, 0.3) is 0 Å². The molecule has 0 radical (unpaired) electrons. The van der Waals surface area contributed by atoms with Crippen molar-refractivity contribution in [3.05, 3.63) is 0 Å². The van der Waals surface area contributed by atoms with Gasteiger partial charge in [-0.15, -0.1) is 0 Å². The summed E-state index contributed by atoms with van der Waals surface area (Å²) >= 11 is 0. The van der Waals surface area contributed by atoms with Crippen LogP contribution in [0.2, 0.25) is 51.6 Å². The third-order valence-corrected chi connectivity index (χ3v) is 187. The summed E-state index contributed by atoms with van der Waals surface area (Å²) in [6.07, 6.45) is 0. The summed E-state index contributed by atoms with van der Waals surface area (Å²) in [5.41, 5.74) is 0. The second-order valence-corrected chi connectivity index (χ2v) is 89.7. The van der Waals surface area contributed by atoms with Crippen molar-refractivity contribution >= 4 is 65.3 Å². The second kappa shape index (κ2) is 3.76. The third-order valence-electron chi connectivity index (χ3n) is 4.93. The predicted molar refractivity (Wildman–Crippen MR) is 98.5 cm³/mol. The molecule has 3 fully saturated rings. The van der Waals surface area contributed by atoms with E-state index in [1.54, 1.807) is 0 Å². The Morgan fingerprint density at radius 2 is 0.875 bits per heavy atom. The zero-order valence-corrected chi connectivity index (χ0v) is 20.3. The fourth-order valence-corrected chi connectivity index (χ4v) is 390. The first-order valence-electron chi connectivity index (χ1n) is 5.97. The molecule has 0 spiro atoms. The van der Waals surface area contributed by atoms with E-state index in [-0.39, 0.29) is 0 Å². The van der Waals surface area contributed by atoms with Gasteiger partial charge in [0, 0.05) is 0 Å². The molecule has 8 heteroatoms. The van der Waals surface area contributed by atoms with Gasteiger partial charge in [-0.25, -0.2) is 0 Å². The fourth-order valence-electron chi connectivity index (χ4n) is 3.93. The van der Waals surface area contributed by atoms with Crippen molar-refractivity contribution < 1.29 is 0 Å². The van der Waals surface area contributed by atoms with E-state index in [1.165, 1.54) is 0 Å². The Labute approximate surface area is 116 Å². The van der Waals surface area contributed by atoms with Crippen LogP contribution in [0.4, 0.5) is 0 Å². The molecule has 0 nitrogen and oxygen atoms in total. The van der Waals surface area contributed by atoms with Crippen molar-refractivity contribution in [1.29, 1.82) is 0 Å². The van der Waals surface area contributed by atoms with E-state index >= 15 is 0 Å². The van der Waals surface area contributed by atoms with Crippen LogP contribution in [0.15, 0.2) is 0 Å². The van der Waals surface area contributed by atoms with Gasteiger partial charge in [-0.2, -0.15) is 0 Å². The number of fused-ring (bicyclic) bond motifs is 3. The summed E-state index contributed by atoms with van der Waals surface area (Å²) in [4.78, 5) is 0. The number of rotatable bonds is 0. The Balaban J connectivity index is 2.64. The molecule has 94 valence electrons. The second-order valence-electron chi connectivity index (χ2n) is 6.82. The molecule has 0 aromatic heterocycles. The molecule has 16 heavy (non-hydrogen) atoms. The molecule has 3 saturated heterocycles. The Bertz CT molecular complexity index is 296. The van der Waals surface area contributed by atoms with E-state index in [1.807, 2.05) is 0 Å². The zero-order chi connectivity index (χ0) is 12.6. The van der Waals surface area contributed by atoms with Gasteiger partial charge in [0.1, 0.15) is 0 Å². The molecule has 3 heterocycles. The molecule has 2 bridgehead atoms. The van der Waals surface area contributed by atoms with Crippen LogP contribution >= 0.6 is 28.6 Å². The summed E-state index contributed by atoms with van der Waals surface area (Å²) < 4.78 is 0. The van der Waals surface area contributed by atoms with Crippen LogP contribution in [0.3, 0.4) is 0 Å². The van der Waals surface area contributed by atoms with Crippen LogP contribution in [0, 0.1) is 0 Å². The third kappa shape index (κ3) is 1.75. The van der Waals surface area contributed by atoms with Gasteiger partial charge in [-0.05, 0) is 0 Å². The maximum atomic E-state index is 2.85. The summed E-state index contributed by atoms with van der Waals surface area (Å²) in [6.45, 7) is 15.7. The van der Waals surface area contributed by atoms with Crippen molar-refractivity contribution in [2.24, 2.45) is 0 Å². The van der Waals surface area contributed by atoms with E-state index in [0.717, 1.165) is 0 Å². The molecule has 0 amide bonds. The van der Waals surface area contributed by atoms with Crippen LogP contribution in [-0.4, -0.2) is 36.7 Å². The predicted octanol–water partition coefficient (Wildman–Crippen LogP) is 4.71. The van der Waals surface area contributed by atoms with Gasteiger partial charge in [0.05, 0.1) is 0 Å². The normalized spacial score (nSPS) is 48.0. The standard InChI is InChI=1S/C8H24GeS3Si4/c1-9-10-13(2,3)16(8,14(4,5)11-9)15(6,7)12-9/h1-8H3. The molecule has 0 aliphatic carbocycles. The molecule has 0 N–H and O–H groups in total. The molecular formula is C8H24GeS3Si4. The molecule has 0 aromatic rings. The van der Waals surface area contributed by atoms with E-state index in [0.29, 0.717) is 0 Å². The molecular weight excluding hydrogens is 377 g/mol. The Kier molecular flexibility index (Phi) is 3.49. The first-order valence-corrected chi connectivity index (χ1v) is 34.9. The summed E-state index contributed by atoms with van der Waals surface area (Å²) in [7, 11) is 6.31. The molecule has 0 unspecified atom stereocenters. The summed E-state index contributed by atoms with van der Waals surface area (Å²) in [5, 5.41) is 0. The monoisotopic (exact) mass is 402 g/mol. The SMILES string of the molecule is C[Si]1(C)[S][Ge]2([CH3])[S][Si](C)(C)[Si]1(C)[Si](C)(C)[S]2. The van der Waals surface area contributed by atoms with E-state index < -0.39 is 36.7 Å². The van der Waals surface area contributed by atoms with Crippen LogP contribution < -0.4 is 0 Å².